The highest BCUT2D eigenvalue weighted by Crippen LogP contribution is 2.15. The molecule has 0 bridgehead atoms. The summed E-state index contributed by atoms with van der Waals surface area (Å²) in [5.41, 5.74) is 0. The minimum atomic E-state index is -0.830. The molecule has 0 heterocycles. The lowest BCUT2D eigenvalue weighted by atomic mass is 10.1. The number of allylic oxidation sites excluding steroid dienone is 28. The summed E-state index contributed by atoms with van der Waals surface area (Å²) in [7, 11) is 0. The number of hydrogen-bond donors (Lipinski definition) is 0. The molecular formula is C77H122O6. The average Bonchev–Trinajstić information content (AvgIpc) is 3.49. The topological polar surface area (TPSA) is 78.9 Å². The Kier molecular flexibility index (Phi) is 64.9. The van der Waals surface area contributed by atoms with Crippen LogP contribution >= 0.6 is 0 Å². The van der Waals surface area contributed by atoms with E-state index < -0.39 is 6.10 Å². The van der Waals surface area contributed by atoms with Gasteiger partial charge in [-0.1, -0.05) is 281 Å². The normalized spacial score (nSPS) is 13.2. The maximum atomic E-state index is 12.9. The van der Waals surface area contributed by atoms with Crippen molar-refractivity contribution in [3.63, 3.8) is 0 Å². The van der Waals surface area contributed by atoms with Crippen molar-refractivity contribution >= 4 is 17.9 Å². The highest BCUT2D eigenvalue weighted by atomic mass is 16.6. The van der Waals surface area contributed by atoms with E-state index >= 15 is 0 Å². The molecule has 0 rings (SSSR count). The molecule has 0 aliphatic rings. The first-order valence-corrected chi connectivity index (χ1v) is 33.6. The van der Waals surface area contributed by atoms with Crippen molar-refractivity contribution < 1.29 is 28.6 Å². The van der Waals surface area contributed by atoms with Crippen LogP contribution in [0.1, 0.15) is 278 Å². The SMILES string of the molecule is CC/C=C\C/C=C\C/C=C\C/C=C\C/C=C\C/C=C\C/C=C\C/C=C\C/C=C\CCCC(=O)OCC(COC(=O)CCCC/C=C\C/C=C\C/C=C\C/C=C\CC)OC(=O)CCCCCCCCCCC/C=C\CCCCCCCCCC. The van der Waals surface area contributed by atoms with Crippen molar-refractivity contribution in [1.82, 2.24) is 0 Å². The summed E-state index contributed by atoms with van der Waals surface area (Å²) in [6, 6.07) is 0. The van der Waals surface area contributed by atoms with Gasteiger partial charge in [0, 0.05) is 19.3 Å². The lowest BCUT2D eigenvalue weighted by Crippen LogP contribution is -2.30. The van der Waals surface area contributed by atoms with Crippen LogP contribution in [0.3, 0.4) is 0 Å². The van der Waals surface area contributed by atoms with Crippen molar-refractivity contribution in [2.24, 2.45) is 0 Å². The fraction of sp³-hybridized carbons (Fsp3) is 0.597. The van der Waals surface area contributed by atoms with Crippen LogP contribution in [0.2, 0.25) is 0 Å². The molecular weight excluding hydrogens is 1020 g/mol. The summed E-state index contributed by atoms with van der Waals surface area (Å²) in [6.07, 6.45) is 102. The van der Waals surface area contributed by atoms with Gasteiger partial charge in [-0.25, -0.2) is 0 Å². The molecule has 0 saturated carbocycles. The molecule has 6 nitrogen and oxygen atoms in total. The van der Waals surface area contributed by atoms with Crippen molar-refractivity contribution in [2.75, 3.05) is 13.2 Å². The van der Waals surface area contributed by atoms with E-state index in [1.807, 2.05) is 0 Å². The largest absolute Gasteiger partial charge is 0.462 e. The third kappa shape index (κ3) is 67.4. The molecule has 0 aromatic rings. The minimum absolute atomic E-state index is 0.125. The zero-order chi connectivity index (χ0) is 59.9. The summed E-state index contributed by atoms with van der Waals surface area (Å²) in [5.74, 6) is -1.03. The van der Waals surface area contributed by atoms with E-state index in [9.17, 15) is 14.4 Å². The number of ether oxygens (including phenoxy) is 3. The number of carbonyl (C=O) groups excluding carboxylic acids is 3. The van der Waals surface area contributed by atoms with Gasteiger partial charge in [-0.2, -0.15) is 0 Å². The first-order chi connectivity index (χ1) is 41.0. The van der Waals surface area contributed by atoms with Crippen LogP contribution in [0, 0.1) is 0 Å². The molecule has 466 valence electrons. The van der Waals surface area contributed by atoms with Crippen LogP contribution in [0.25, 0.3) is 0 Å². The Morgan fingerprint density at radius 2 is 0.482 bits per heavy atom. The van der Waals surface area contributed by atoms with Crippen molar-refractivity contribution in [3.8, 4) is 0 Å². The summed E-state index contributed by atoms with van der Waals surface area (Å²) in [5, 5.41) is 0. The second-order valence-electron chi connectivity index (χ2n) is 21.6. The molecule has 83 heavy (non-hydrogen) atoms. The first kappa shape index (κ1) is 77.8. The van der Waals surface area contributed by atoms with E-state index in [-0.39, 0.29) is 44.0 Å². The first-order valence-electron chi connectivity index (χ1n) is 33.6. The van der Waals surface area contributed by atoms with Crippen molar-refractivity contribution in [1.29, 1.82) is 0 Å². The molecule has 1 atom stereocenters. The molecule has 6 heteroatoms. The van der Waals surface area contributed by atoms with Gasteiger partial charge in [0.05, 0.1) is 0 Å². The second-order valence-corrected chi connectivity index (χ2v) is 21.6. The van der Waals surface area contributed by atoms with E-state index in [4.69, 9.17) is 14.2 Å². The van der Waals surface area contributed by atoms with Gasteiger partial charge in [0.15, 0.2) is 6.10 Å². The third-order valence-electron chi connectivity index (χ3n) is 13.7. The van der Waals surface area contributed by atoms with E-state index in [1.165, 1.54) is 103 Å². The van der Waals surface area contributed by atoms with Crippen LogP contribution in [-0.4, -0.2) is 37.2 Å². The van der Waals surface area contributed by atoms with Gasteiger partial charge in [-0.05, 0) is 148 Å². The van der Waals surface area contributed by atoms with E-state index in [0.29, 0.717) is 19.3 Å². The summed E-state index contributed by atoms with van der Waals surface area (Å²) >= 11 is 0. The molecule has 0 amide bonds. The molecule has 0 saturated heterocycles. The lowest BCUT2D eigenvalue weighted by molar-refractivity contribution is -0.167. The predicted octanol–water partition coefficient (Wildman–Crippen LogP) is 23.4. The second kappa shape index (κ2) is 69.3. The fourth-order valence-corrected chi connectivity index (χ4v) is 8.72. The van der Waals surface area contributed by atoms with Gasteiger partial charge < -0.3 is 14.2 Å². The Balaban J connectivity index is 4.51. The van der Waals surface area contributed by atoms with Gasteiger partial charge in [0.1, 0.15) is 13.2 Å². The highest BCUT2D eigenvalue weighted by molar-refractivity contribution is 5.71. The predicted molar refractivity (Wildman–Crippen MR) is 361 cm³/mol. The molecule has 0 N–H and O–H groups in total. The number of unbranched alkanes of at least 4 members (excludes halogenated alkanes) is 20. The van der Waals surface area contributed by atoms with Crippen LogP contribution in [-0.2, 0) is 28.6 Å². The number of esters is 3. The number of hydrogen-bond acceptors (Lipinski definition) is 6. The molecule has 1 unspecified atom stereocenters. The van der Waals surface area contributed by atoms with Gasteiger partial charge in [0.25, 0.3) is 0 Å². The lowest BCUT2D eigenvalue weighted by Gasteiger charge is -2.18. The van der Waals surface area contributed by atoms with Crippen LogP contribution in [0.4, 0.5) is 0 Å². The smallest absolute Gasteiger partial charge is 0.306 e. The maximum Gasteiger partial charge on any atom is 0.306 e. The quantitative estimate of drug-likeness (QED) is 0.0261. The zero-order valence-corrected chi connectivity index (χ0v) is 53.4. The van der Waals surface area contributed by atoms with E-state index in [1.54, 1.807) is 0 Å². The van der Waals surface area contributed by atoms with Gasteiger partial charge in [-0.15, -0.1) is 0 Å². The van der Waals surface area contributed by atoms with Crippen molar-refractivity contribution in [3.05, 3.63) is 170 Å². The third-order valence-corrected chi connectivity index (χ3v) is 13.7. The molecule has 0 aliphatic heterocycles. The summed E-state index contributed by atoms with van der Waals surface area (Å²) in [6.45, 7) is 6.33. The fourth-order valence-electron chi connectivity index (χ4n) is 8.72. The average molecular weight is 1140 g/mol. The summed E-state index contributed by atoms with van der Waals surface area (Å²) < 4.78 is 16.9. The van der Waals surface area contributed by atoms with Crippen LogP contribution < -0.4 is 0 Å². The van der Waals surface area contributed by atoms with Gasteiger partial charge >= 0.3 is 17.9 Å². The Labute approximate surface area is 511 Å². The molecule has 0 aromatic heterocycles. The Hall–Kier alpha value is -5.23. The molecule has 0 fully saturated rings. The molecule has 0 radical (unpaired) electrons. The standard InChI is InChI=1S/C77H122O6/c1-4-7-10-13-16-19-22-25-28-30-32-34-35-36-37-38-39-40-41-43-44-46-49-52-55-58-61-64-67-70-76(79)82-73-74(72-81-75(78)69-66-63-60-57-54-51-48-27-24-21-18-15-12-9-6-3)83-77(80)71-68-65-62-59-56-53-50-47-45-42-33-31-29-26-23-20-17-14-11-8-5-2/h7,9-10,12,16,18-19,21,25,27-28,31-34,36-37,39-40,43-44,48-49,52,54,57-58,61,74H,4-6,8,11,13-15,17,20,22-24,26,29-30,35,38,41-42,45-47,50-51,53,55-56,59-60,62-73H2,1-3H3/b10-7-,12-9-,19-16-,21-18-,28-25-,33-31-,34-32-,37-36-,40-39-,44-43-,48-27-,52-49-,57-54-,61-58-. The molecule has 0 spiro atoms. The number of rotatable bonds is 59. The van der Waals surface area contributed by atoms with E-state index in [2.05, 4.69) is 191 Å². The highest BCUT2D eigenvalue weighted by Gasteiger charge is 2.19. The van der Waals surface area contributed by atoms with Crippen LogP contribution in [0.5, 0.6) is 0 Å². The van der Waals surface area contributed by atoms with Gasteiger partial charge in [0.2, 0.25) is 0 Å². The minimum Gasteiger partial charge on any atom is -0.462 e. The maximum absolute atomic E-state index is 12.9. The number of carbonyl (C=O) groups is 3. The monoisotopic (exact) mass is 1140 g/mol. The Bertz CT molecular complexity index is 1890. The Morgan fingerprint density at radius 3 is 0.819 bits per heavy atom. The Morgan fingerprint density at radius 1 is 0.253 bits per heavy atom. The van der Waals surface area contributed by atoms with Crippen LogP contribution in [0.15, 0.2) is 170 Å². The molecule has 0 aliphatic carbocycles. The van der Waals surface area contributed by atoms with Crippen molar-refractivity contribution in [2.45, 2.75) is 284 Å². The molecule has 0 aromatic carbocycles. The summed E-state index contributed by atoms with van der Waals surface area (Å²) in [4.78, 5) is 38.4. The van der Waals surface area contributed by atoms with E-state index in [0.717, 1.165) is 122 Å². The zero-order valence-electron chi connectivity index (χ0n) is 53.4. The van der Waals surface area contributed by atoms with Gasteiger partial charge in [-0.3, -0.25) is 14.4 Å².